The van der Waals surface area contributed by atoms with E-state index < -0.39 is 5.60 Å². The van der Waals surface area contributed by atoms with Crippen LogP contribution in [0.3, 0.4) is 0 Å². The lowest BCUT2D eigenvalue weighted by molar-refractivity contribution is -0.108. The molecule has 5 heterocycles. The lowest BCUT2D eigenvalue weighted by atomic mass is 10.0. The number of benzene rings is 1. The Balaban J connectivity index is 1.32. The van der Waals surface area contributed by atoms with Gasteiger partial charge in [-0.2, -0.15) is 0 Å². The molecule has 2 aliphatic heterocycles. The minimum atomic E-state index is -0.527. The smallest absolute Gasteiger partial charge is 0.147 e. The number of hydrogen-bond acceptors (Lipinski definition) is 7. The summed E-state index contributed by atoms with van der Waals surface area (Å²) in [5, 5.41) is 7.19. The van der Waals surface area contributed by atoms with Crippen LogP contribution >= 0.6 is 0 Å². The second-order valence-electron chi connectivity index (χ2n) is 11.5. The number of ether oxygens (including phenoxy) is 1. The summed E-state index contributed by atoms with van der Waals surface area (Å²) in [6, 6.07) is 11.9. The summed E-state index contributed by atoms with van der Waals surface area (Å²) >= 11 is 0. The van der Waals surface area contributed by atoms with Gasteiger partial charge >= 0.3 is 0 Å². The first-order valence-electron chi connectivity index (χ1n) is 13.9. The van der Waals surface area contributed by atoms with Crippen LogP contribution in [0.15, 0.2) is 42.7 Å². The van der Waals surface area contributed by atoms with E-state index in [1.807, 2.05) is 19.3 Å². The highest BCUT2D eigenvalue weighted by Crippen LogP contribution is 2.33. The monoisotopic (exact) mass is 513 g/mol. The van der Waals surface area contributed by atoms with Crippen LogP contribution in [0.5, 0.6) is 0 Å². The number of hydrogen-bond donors (Lipinski definition) is 2. The largest absolute Gasteiger partial charge is 0.362 e. The quantitative estimate of drug-likeness (QED) is 0.408. The maximum atomic E-state index is 6.46. The van der Waals surface area contributed by atoms with Crippen LogP contribution in [0, 0.1) is 6.92 Å². The summed E-state index contributed by atoms with van der Waals surface area (Å²) < 4.78 is 8.69. The third kappa shape index (κ3) is 4.65. The summed E-state index contributed by atoms with van der Waals surface area (Å²) in [5.41, 5.74) is 5.62. The second-order valence-corrected chi connectivity index (χ2v) is 11.5. The van der Waals surface area contributed by atoms with Crippen molar-refractivity contribution in [1.82, 2.24) is 30.0 Å². The molecule has 1 aromatic carbocycles. The predicted molar refractivity (Wildman–Crippen MR) is 153 cm³/mol. The number of rotatable bonds is 5. The van der Waals surface area contributed by atoms with Crippen molar-refractivity contribution < 1.29 is 4.74 Å². The molecule has 6 rings (SSSR count). The van der Waals surface area contributed by atoms with E-state index in [2.05, 4.69) is 78.0 Å². The number of morpholine rings is 1. The average Bonchev–Trinajstić information content (AvgIpc) is 3.26. The second kappa shape index (κ2) is 9.91. The minimum absolute atomic E-state index is 0.118. The number of pyridine rings is 1. The molecule has 200 valence electrons. The van der Waals surface area contributed by atoms with Crippen molar-refractivity contribution in [2.75, 3.05) is 31.1 Å². The summed E-state index contributed by atoms with van der Waals surface area (Å²) in [6.07, 6.45) is 6.34. The Morgan fingerprint density at radius 3 is 2.55 bits per heavy atom. The number of imidazole rings is 1. The SMILES string of the molecule is Cc1nc([C@]2(C)CNC[C@@H](C)O2)n2c1cnc1ccc(-c3ccc(N4CCC(NC(C)C)CC4)nc3)cc12. The highest BCUT2D eigenvalue weighted by atomic mass is 16.5. The highest BCUT2D eigenvalue weighted by Gasteiger charge is 2.37. The minimum Gasteiger partial charge on any atom is -0.362 e. The molecule has 2 fully saturated rings. The van der Waals surface area contributed by atoms with Crippen molar-refractivity contribution in [1.29, 1.82) is 0 Å². The van der Waals surface area contributed by atoms with E-state index in [0.717, 1.165) is 84.0 Å². The maximum absolute atomic E-state index is 6.46. The Morgan fingerprint density at radius 2 is 1.84 bits per heavy atom. The maximum Gasteiger partial charge on any atom is 0.147 e. The number of piperidine rings is 1. The molecule has 2 saturated heterocycles. The van der Waals surface area contributed by atoms with E-state index in [1.165, 1.54) is 0 Å². The molecule has 38 heavy (non-hydrogen) atoms. The number of anilines is 1. The zero-order valence-corrected chi connectivity index (χ0v) is 23.2. The molecule has 0 bridgehead atoms. The fourth-order valence-electron chi connectivity index (χ4n) is 6.08. The van der Waals surface area contributed by atoms with Gasteiger partial charge in [0.15, 0.2) is 0 Å². The molecule has 0 radical (unpaired) electrons. The average molecular weight is 514 g/mol. The topological polar surface area (TPSA) is 79.6 Å². The van der Waals surface area contributed by atoms with E-state index in [1.54, 1.807) is 0 Å². The van der Waals surface area contributed by atoms with Crippen LogP contribution < -0.4 is 15.5 Å². The number of aromatic nitrogens is 4. The lowest BCUT2D eigenvalue weighted by Crippen LogP contribution is -2.50. The van der Waals surface area contributed by atoms with E-state index >= 15 is 0 Å². The summed E-state index contributed by atoms with van der Waals surface area (Å²) in [7, 11) is 0. The Kier molecular flexibility index (Phi) is 6.58. The van der Waals surface area contributed by atoms with E-state index in [-0.39, 0.29) is 6.10 Å². The van der Waals surface area contributed by atoms with Gasteiger partial charge in [0.05, 0.1) is 34.5 Å². The molecule has 0 spiro atoms. The Labute approximate surface area is 224 Å². The van der Waals surface area contributed by atoms with Gasteiger partial charge < -0.3 is 20.3 Å². The van der Waals surface area contributed by atoms with Crippen molar-refractivity contribution in [2.24, 2.45) is 0 Å². The molecule has 4 aromatic rings. The van der Waals surface area contributed by atoms with Crippen molar-refractivity contribution in [3.8, 4) is 11.1 Å². The summed E-state index contributed by atoms with van der Waals surface area (Å²) in [5.74, 6) is 1.97. The highest BCUT2D eigenvalue weighted by molar-refractivity contribution is 5.84. The van der Waals surface area contributed by atoms with Crippen molar-refractivity contribution in [2.45, 2.75) is 71.2 Å². The summed E-state index contributed by atoms with van der Waals surface area (Å²) in [4.78, 5) is 17.0. The van der Waals surface area contributed by atoms with Gasteiger partial charge in [0.25, 0.3) is 0 Å². The molecular formula is C30H39N7O. The van der Waals surface area contributed by atoms with Crippen LogP contribution in [0.2, 0.25) is 0 Å². The van der Waals surface area contributed by atoms with Gasteiger partial charge in [-0.05, 0) is 63.4 Å². The molecular weight excluding hydrogens is 474 g/mol. The van der Waals surface area contributed by atoms with Crippen LogP contribution in [0.1, 0.15) is 52.1 Å². The molecule has 8 heteroatoms. The number of fused-ring (bicyclic) bond motifs is 3. The number of nitrogens with zero attached hydrogens (tertiary/aromatic N) is 5. The molecule has 2 aliphatic rings. The molecule has 8 nitrogen and oxygen atoms in total. The molecule has 2 N–H and O–H groups in total. The van der Waals surface area contributed by atoms with Gasteiger partial charge in [-0.3, -0.25) is 9.38 Å². The third-order valence-electron chi connectivity index (χ3n) is 7.94. The first-order valence-corrected chi connectivity index (χ1v) is 13.9. The van der Waals surface area contributed by atoms with Crippen LogP contribution in [-0.4, -0.2) is 63.7 Å². The first kappa shape index (κ1) is 25.2. The van der Waals surface area contributed by atoms with Crippen molar-refractivity contribution in [3.63, 3.8) is 0 Å². The van der Waals surface area contributed by atoms with Gasteiger partial charge in [-0.25, -0.2) is 9.97 Å². The van der Waals surface area contributed by atoms with Gasteiger partial charge in [-0.15, -0.1) is 0 Å². The number of aryl methyl sites for hydroxylation is 1. The Morgan fingerprint density at radius 1 is 1.05 bits per heavy atom. The van der Waals surface area contributed by atoms with E-state index in [4.69, 9.17) is 19.7 Å². The van der Waals surface area contributed by atoms with Crippen LogP contribution in [0.25, 0.3) is 27.7 Å². The zero-order chi connectivity index (χ0) is 26.4. The van der Waals surface area contributed by atoms with Crippen LogP contribution in [0.4, 0.5) is 5.82 Å². The van der Waals surface area contributed by atoms with Gasteiger partial charge in [0.2, 0.25) is 0 Å². The van der Waals surface area contributed by atoms with Gasteiger partial charge in [0.1, 0.15) is 17.2 Å². The first-order chi connectivity index (χ1) is 18.3. The van der Waals surface area contributed by atoms with E-state index in [0.29, 0.717) is 12.1 Å². The summed E-state index contributed by atoms with van der Waals surface area (Å²) in [6.45, 7) is 14.4. The van der Waals surface area contributed by atoms with E-state index in [9.17, 15) is 0 Å². The molecule has 0 saturated carbocycles. The molecule has 0 unspecified atom stereocenters. The fourth-order valence-corrected chi connectivity index (χ4v) is 6.08. The van der Waals surface area contributed by atoms with Crippen LogP contribution in [-0.2, 0) is 10.3 Å². The fraction of sp³-hybridized carbons (Fsp3) is 0.500. The molecule has 2 atom stereocenters. The normalized spacial score (nSPS) is 23.1. The zero-order valence-electron chi connectivity index (χ0n) is 23.2. The molecule has 0 aliphatic carbocycles. The van der Waals surface area contributed by atoms with Crippen molar-refractivity contribution in [3.05, 3.63) is 54.2 Å². The lowest BCUT2D eigenvalue weighted by Gasteiger charge is -2.37. The van der Waals surface area contributed by atoms with Gasteiger partial charge in [0, 0.05) is 50.0 Å². The van der Waals surface area contributed by atoms with Gasteiger partial charge in [-0.1, -0.05) is 19.9 Å². The van der Waals surface area contributed by atoms with Crippen molar-refractivity contribution >= 4 is 22.4 Å². The molecule has 0 amide bonds. The molecule has 3 aromatic heterocycles. The number of nitrogens with one attached hydrogen (secondary N) is 2. The Hall–Kier alpha value is -3.07. The Bertz CT molecular complexity index is 1440. The predicted octanol–water partition coefficient (Wildman–Crippen LogP) is 4.44. The standard InChI is InChI=1S/C30H39N7O/c1-19(2)34-24-10-12-36(13-11-24)28-9-7-23(16-33-28)22-6-8-25-26(14-22)37-27(17-32-25)21(4)35-29(37)30(5)18-31-15-20(3)38-30/h6-9,14,16-17,19-20,24,31,34H,10-13,15,18H2,1-5H3/t20-,30+/m1/s1. The third-order valence-corrected chi connectivity index (χ3v) is 7.94.